The Bertz CT molecular complexity index is 1320. The fourth-order valence-corrected chi connectivity index (χ4v) is 5.12. The second kappa shape index (κ2) is 8.61. The van der Waals surface area contributed by atoms with Gasteiger partial charge in [0.15, 0.2) is 5.11 Å². The van der Waals surface area contributed by atoms with E-state index in [0.717, 1.165) is 28.3 Å². The number of nitrogens with zero attached hydrogens (tertiary/aromatic N) is 3. The van der Waals surface area contributed by atoms with Crippen LogP contribution in [-0.2, 0) is 0 Å². The first kappa shape index (κ1) is 21.6. The first-order valence-electron chi connectivity index (χ1n) is 10.7. The smallest absolute Gasteiger partial charge is 0.174 e. The van der Waals surface area contributed by atoms with Gasteiger partial charge in [-0.15, -0.1) is 0 Å². The predicted octanol–water partition coefficient (Wildman–Crippen LogP) is 6.46. The third kappa shape index (κ3) is 3.79. The number of hydrogen-bond donors (Lipinski definition) is 1. The SMILES string of the molecule is Cc1cc([C@@H]2[C@H](c3ccccn3)NC(=S)N2c2ccccc2F)c(C)n1-c1ccc(Cl)cc1. The zero-order valence-electron chi connectivity index (χ0n) is 18.2. The largest absolute Gasteiger partial charge is 0.351 e. The second-order valence-corrected chi connectivity index (χ2v) is 8.91. The van der Waals surface area contributed by atoms with Gasteiger partial charge < -0.3 is 14.8 Å². The number of thiocarbonyl (C=S) groups is 1. The van der Waals surface area contributed by atoms with Crippen molar-refractivity contribution in [1.29, 1.82) is 0 Å². The zero-order valence-corrected chi connectivity index (χ0v) is 19.7. The number of hydrogen-bond acceptors (Lipinski definition) is 2. The summed E-state index contributed by atoms with van der Waals surface area (Å²) < 4.78 is 17.1. The van der Waals surface area contributed by atoms with Gasteiger partial charge in [-0.3, -0.25) is 4.98 Å². The van der Waals surface area contributed by atoms with E-state index in [1.165, 1.54) is 6.07 Å². The van der Waals surface area contributed by atoms with Crippen molar-refractivity contribution in [1.82, 2.24) is 14.9 Å². The average Bonchev–Trinajstić information content (AvgIpc) is 3.31. The van der Waals surface area contributed by atoms with Crippen molar-refractivity contribution in [3.63, 3.8) is 0 Å². The van der Waals surface area contributed by atoms with E-state index in [1.54, 1.807) is 18.3 Å². The number of benzene rings is 2. The van der Waals surface area contributed by atoms with Crippen LogP contribution in [0.5, 0.6) is 0 Å². The Kier molecular flexibility index (Phi) is 5.64. The first-order valence-corrected chi connectivity index (χ1v) is 11.4. The molecular weight excluding hydrogens is 455 g/mol. The van der Waals surface area contributed by atoms with E-state index in [0.29, 0.717) is 15.8 Å². The van der Waals surface area contributed by atoms with Crippen LogP contribution in [0.3, 0.4) is 0 Å². The van der Waals surface area contributed by atoms with Crippen LogP contribution in [-0.4, -0.2) is 14.7 Å². The standard InChI is InChI=1S/C26H22ClFN4S/c1-16-15-20(17(2)31(16)19-12-10-18(27)11-13-19)25-24(22-8-5-6-14-29-22)30-26(33)32(25)23-9-4-3-7-21(23)28/h3-15,24-25H,1-2H3,(H,30,33)/t24-,25+/m0/s1. The lowest BCUT2D eigenvalue weighted by Gasteiger charge is -2.28. The van der Waals surface area contributed by atoms with E-state index < -0.39 is 0 Å². The van der Waals surface area contributed by atoms with Gasteiger partial charge in [-0.1, -0.05) is 29.8 Å². The molecule has 166 valence electrons. The highest BCUT2D eigenvalue weighted by molar-refractivity contribution is 7.80. The van der Waals surface area contributed by atoms with Crippen LogP contribution in [0.15, 0.2) is 79.0 Å². The molecule has 0 amide bonds. The second-order valence-electron chi connectivity index (χ2n) is 8.09. The maximum Gasteiger partial charge on any atom is 0.174 e. The summed E-state index contributed by atoms with van der Waals surface area (Å²) in [7, 11) is 0. The Balaban J connectivity index is 1.69. The first-order chi connectivity index (χ1) is 16.0. The van der Waals surface area contributed by atoms with Crippen molar-refractivity contribution in [3.8, 4) is 5.69 Å². The van der Waals surface area contributed by atoms with Gasteiger partial charge >= 0.3 is 0 Å². The topological polar surface area (TPSA) is 33.1 Å². The molecule has 2 aromatic heterocycles. The van der Waals surface area contributed by atoms with E-state index in [4.69, 9.17) is 23.8 Å². The molecule has 0 saturated carbocycles. The summed E-state index contributed by atoms with van der Waals surface area (Å²) in [5, 5.41) is 4.56. The molecule has 2 aromatic carbocycles. The van der Waals surface area contributed by atoms with Crippen molar-refractivity contribution >= 4 is 34.6 Å². The van der Waals surface area contributed by atoms with E-state index in [1.807, 2.05) is 53.4 Å². The number of rotatable bonds is 4. The Hall–Kier alpha value is -3.22. The molecule has 4 nitrogen and oxygen atoms in total. The van der Waals surface area contributed by atoms with Crippen molar-refractivity contribution in [2.75, 3.05) is 4.90 Å². The normalized spacial score (nSPS) is 17.9. The summed E-state index contributed by atoms with van der Waals surface area (Å²) in [6.07, 6.45) is 1.76. The summed E-state index contributed by atoms with van der Waals surface area (Å²) in [4.78, 5) is 6.46. The minimum Gasteiger partial charge on any atom is -0.351 e. The van der Waals surface area contributed by atoms with Crippen molar-refractivity contribution in [3.05, 3.63) is 112 Å². The highest BCUT2D eigenvalue weighted by atomic mass is 35.5. The molecule has 0 radical (unpaired) electrons. The molecule has 1 aliphatic rings. The minimum atomic E-state index is -0.320. The van der Waals surface area contributed by atoms with Crippen molar-refractivity contribution < 1.29 is 4.39 Å². The Morgan fingerprint density at radius 2 is 1.73 bits per heavy atom. The lowest BCUT2D eigenvalue weighted by molar-refractivity contribution is 0.556. The van der Waals surface area contributed by atoms with Crippen molar-refractivity contribution in [2.45, 2.75) is 25.9 Å². The highest BCUT2D eigenvalue weighted by Crippen LogP contribution is 2.44. The molecule has 2 atom stereocenters. The zero-order chi connectivity index (χ0) is 23.1. The third-order valence-electron chi connectivity index (χ3n) is 6.08. The summed E-state index contributed by atoms with van der Waals surface area (Å²) in [5.74, 6) is -0.320. The molecule has 0 bridgehead atoms. The number of nitrogens with one attached hydrogen (secondary N) is 1. The quantitative estimate of drug-likeness (QED) is 0.343. The Morgan fingerprint density at radius 3 is 2.42 bits per heavy atom. The Labute approximate surface area is 202 Å². The average molecular weight is 477 g/mol. The van der Waals surface area contributed by atoms with Crippen LogP contribution >= 0.6 is 23.8 Å². The fraction of sp³-hybridized carbons (Fsp3) is 0.154. The Morgan fingerprint density at radius 1 is 1.00 bits per heavy atom. The van der Waals surface area contributed by atoms with Gasteiger partial charge in [-0.25, -0.2) is 4.39 Å². The number of aryl methyl sites for hydroxylation is 1. The molecule has 0 aliphatic carbocycles. The molecule has 0 spiro atoms. The lowest BCUT2D eigenvalue weighted by Crippen LogP contribution is -2.30. The van der Waals surface area contributed by atoms with Crippen LogP contribution in [0.1, 0.15) is 34.7 Å². The summed E-state index contributed by atoms with van der Waals surface area (Å²) in [6.45, 7) is 4.14. The molecular formula is C26H22ClFN4S. The summed E-state index contributed by atoms with van der Waals surface area (Å²) in [6, 6.07) is 21.9. The number of pyridine rings is 1. The predicted molar refractivity (Wildman–Crippen MR) is 135 cm³/mol. The van der Waals surface area contributed by atoms with Gasteiger partial charge in [0, 0.05) is 28.3 Å². The van der Waals surface area contributed by atoms with Crippen LogP contribution in [0, 0.1) is 19.7 Å². The fourth-order valence-electron chi connectivity index (χ4n) is 4.65. The van der Waals surface area contributed by atoms with E-state index >= 15 is 0 Å². The third-order valence-corrected chi connectivity index (χ3v) is 6.65. The van der Waals surface area contributed by atoms with E-state index in [2.05, 4.69) is 34.8 Å². The molecule has 33 heavy (non-hydrogen) atoms. The van der Waals surface area contributed by atoms with Gasteiger partial charge in [0.05, 0.1) is 23.5 Å². The van der Waals surface area contributed by atoms with Crippen LogP contribution in [0.2, 0.25) is 5.02 Å². The lowest BCUT2D eigenvalue weighted by atomic mass is 9.96. The number of aromatic nitrogens is 2. The van der Waals surface area contributed by atoms with Crippen LogP contribution in [0.4, 0.5) is 10.1 Å². The molecule has 5 rings (SSSR count). The number of para-hydroxylation sites is 1. The maximum atomic E-state index is 15.0. The molecule has 7 heteroatoms. The maximum absolute atomic E-state index is 15.0. The summed E-state index contributed by atoms with van der Waals surface area (Å²) >= 11 is 11.8. The van der Waals surface area contributed by atoms with E-state index in [-0.39, 0.29) is 17.9 Å². The summed E-state index contributed by atoms with van der Waals surface area (Å²) in [5.41, 5.74) is 5.47. The van der Waals surface area contributed by atoms with Gasteiger partial charge in [-0.05, 0) is 86.2 Å². The van der Waals surface area contributed by atoms with E-state index in [9.17, 15) is 4.39 Å². The van der Waals surface area contributed by atoms with Crippen LogP contribution < -0.4 is 10.2 Å². The molecule has 0 unspecified atom stereocenters. The number of halogens is 2. The van der Waals surface area contributed by atoms with Crippen LogP contribution in [0.25, 0.3) is 5.69 Å². The van der Waals surface area contributed by atoms with Crippen molar-refractivity contribution in [2.24, 2.45) is 0 Å². The molecule has 1 aliphatic heterocycles. The molecule has 1 saturated heterocycles. The minimum absolute atomic E-state index is 0.238. The molecule has 1 fully saturated rings. The highest BCUT2D eigenvalue weighted by Gasteiger charge is 2.43. The molecule has 3 heterocycles. The van der Waals surface area contributed by atoms with Gasteiger partial charge in [0.25, 0.3) is 0 Å². The monoisotopic (exact) mass is 476 g/mol. The van der Waals surface area contributed by atoms with Gasteiger partial charge in [-0.2, -0.15) is 0 Å². The van der Waals surface area contributed by atoms with Gasteiger partial charge in [0.2, 0.25) is 0 Å². The molecule has 1 N–H and O–H groups in total. The van der Waals surface area contributed by atoms with Gasteiger partial charge in [0.1, 0.15) is 5.82 Å². The molecule has 4 aromatic rings. The number of anilines is 1.